The molecule has 3 heterocycles. The Bertz CT molecular complexity index is 1580. The second kappa shape index (κ2) is 9.94. The Hall–Kier alpha value is -5.24. The second-order valence-corrected chi connectivity index (χ2v) is 7.86. The highest BCUT2D eigenvalue weighted by atomic mass is 16.2. The molecule has 0 fully saturated rings. The second-order valence-electron chi connectivity index (χ2n) is 7.86. The van der Waals surface area contributed by atoms with E-state index in [-0.39, 0.29) is 17.5 Å². The van der Waals surface area contributed by atoms with E-state index in [2.05, 4.69) is 37.1 Å². The summed E-state index contributed by atoms with van der Waals surface area (Å²) in [6.45, 7) is 3.50. The molecule has 0 spiro atoms. The van der Waals surface area contributed by atoms with Gasteiger partial charge in [0.1, 0.15) is 17.8 Å². The van der Waals surface area contributed by atoms with Crippen LogP contribution in [0.4, 0.5) is 11.5 Å². The Morgan fingerprint density at radius 3 is 2.50 bits per heavy atom. The summed E-state index contributed by atoms with van der Waals surface area (Å²) in [4.78, 5) is 41.4. The Labute approximate surface area is 206 Å². The van der Waals surface area contributed by atoms with Gasteiger partial charge >= 0.3 is 0 Å². The summed E-state index contributed by atoms with van der Waals surface area (Å²) in [6.07, 6.45) is 7.74. The van der Waals surface area contributed by atoms with Crippen molar-refractivity contribution in [2.45, 2.75) is 0 Å². The van der Waals surface area contributed by atoms with Gasteiger partial charge in [-0.25, -0.2) is 15.0 Å². The number of pyridine rings is 2. The molecule has 2 N–H and O–H groups in total. The van der Waals surface area contributed by atoms with Crippen LogP contribution in [0.1, 0.15) is 10.5 Å². The summed E-state index contributed by atoms with van der Waals surface area (Å²) >= 11 is 0. The standard InChI is InChI=1S/C28H20N6O2/c1-2-26(35)33-22-7-5-6-18(13-22)23-14-20(12-21-15-29-17-32-27(21)23)19-9-10-24(31-16-19)28(36)34-25-8-3-4-11-30-25/h2-17H,1H2,(H,33,35)(H,30,34,36). The molecule has 174 valence electrons. The maximum Gasteiger partial charge on any atom is 0.275 e. The van der Waals surface area contributed by atoms with Crippen molar-refractivity contribution in [3.05, 3.63) is 110 Å². The molecule has 2 aromatic carbocycles. The van der Waals surface area contributed by atoms with Gasteiger partial charge in [-0.3, -0.25) is 14.6 Å². The van der Waals surface area contributed by atoms with Crippen LogP contribution in [0.15, 0.2) is 104 Å². The van der Waals surface area contributed by atoms with Gasteiger partial charge < -0.3 is 10.6 Å². The Balaban J connectivity index is 1.50. The van der Waals surface area contributed by atoms with Crippen molar-refractivity contribution in [1.29, 1.82) is 0 Å². The third-order valence-electron chi connectivity index (χ3n) is 5.47. The Morgan fingerprint density at radius 2 is 1.72 bits per heavy atom. The summed E-state index contributed by atoms with van der Waals surface area (Å²) in [5.74, 6) is -0.170. The lowest BCUT2D eigenvalue weighted by molar-refractivity contribution is -0.111. The van der Waals surface area contributed by atoms with Crippen LogP contribution < -0.4 is 10.6 Å². The van der Waals surface area contributed by atoms with E-state index in [0.29, 0.717) is 11.5 Å². The number of aromatic nitrogens is 4. The van der Waals surface area contributed by atoms with Crippen LogP contribution in [-0.2, 0) is 4.79 Å². The van der Waals surface area contributed by atoms with E-state index >= 15 is 0 Å². The fourth-order valence-corrected chi connectivity index (χ4v) is 3.76. The Kier molecular flexibility index (Phi) is 6.23. The first-order valence-electron chi connectivity index (χ1n) is 11.1. The number of anilines is 2. The van der Waals surface area contributed by atoms with E-state index in [1.165, 1.54) is 12.4 Å². The van der Waals surface area contributed by atoms with Crippen LogP contribution in [0.3, 0.4) is 0 Å². The van der Waals surface area contributed by atoms with Gasteiger partial charge in [-0.15, -0.1) is 0 Å². The molecule has 0 radical (unpaired) electrons. The highest BCUT2D eigenvalue weighted by molar-refractivity contribution is 6.03. The molecular weight excluding hydrogens is 452 g/mol. The number of nitrogens with zero attached hydrogens (tertiary/aromatic N) is 4. The quantitative estimate of drug-likeness (QED) is 0.332. The fourth-order valence-electron chi connectivity index (χ4n) is 3.76. The third-order valence-corrected chi connectivity index (χ3v) is 5.47. The number of amides is 2. The molecule has 0 atom stereocenters. The largest absolute Gasteiger partial charge is 0.323 e. The predicted molar refractivity (Wildman–Crippen MR) is 139 cm³/mol. The number of hydrogen-bond acceptors (Lipinski definition) is 6. The number of rotatable bonds is 6. The van der Waals surface area contributed by atoms with E-state index in [1.54, 1.807) is 42.9 Å². The highest BCUT2D eigenvalue weighted by Gasteiger charge is 2.13. The van der Waals surface area contributed by atoms with E-state index in [0.717, 1.165) is 33.2 Å². The molecule has 0 bridgehead atoms. The van der Waals surface area contributed by atoms with Crippen molar-refractivity contribution < 1.29 is 9.59 Å². The molecule has 5 rings (SSSR count). The zero-order valence-electron chi connectivity index (χ0n) is 19.1. The zero-order chi connectivity index (χ0) is 24.9. The van der Waals surface area contributed by atoms with Crippen LogP contribution in [0, 0.1) is 0 Å². The molecule has 5 aromatic rings. The average Bonchev–Trinajstić information content (AvgIpc) is 2.93. The normalized spacial score (nSPS) is 10.6. The number of benzene rings is 2. The van der Waals surface area contributed by atoms with Crippen LogP contribution in [0.2, 0.25) is 0 Å². The number of carbonyl (C=O) groups is 2. The van der Waals surface area contributed by atoms with E-state index < -0.39 is 0 Å². The summed E-state index contributed by atoms with van der Waals surface area (Å²) in [7, 11) is 0. The minimum absolute atomic E-state index is 0.277. The van der Waals surface area contributed by atoms with Gasteiger partial charge in [-0.2, -0.15) is 0 Å². The maximum absolute atomic E-state index is 12.5. The molecule has 8 nitrogen and oxygen atoms in total. The lowest BCUT2D eigenvalue weighted by Gasteiger charge is -2.12. The molecule has 0 aliphatic carbocycles. The van der Waals surface area contributed by atoms with Gasteiger partial charge in [0.05, 0.1) is 5.52 Å². The van der Waals surface area contributed by atoms with Gasteiger partial charge in [-0.05, 0) is 59.7 Å². The average molecular weight is 473 g/mol. The first kappa shape index (κ1) is 22.5. The molecular formula is C28H20N6O2. The van der Waals surface area contributed by atoms with Gasteiger partial charge in [-0.1, -0.05) is 30.8 Å². The zero-order valence-corrected chi connectivity index (χ0v) is 19.1. The SMILES string of the molecule is C=CC(=O)Nc1cccc(-c2cc(-c3ccc(C(=O)Nc4ccccn4)nc3)cc3cncnc23)c1. The lowest BCUT2D eigenvalue weighted by atomic mass is 9.96. The number of fused-ring (bicyclic) bond motifs is 1. The van der Waals surface area contributed by atoms with Crippen molar-refractivity contribution in [1.82, 2.24) is 19.9 Å². The van der Waals surface area contributed by atoms with Crippen molar-refractivity contribution in [2.24, 2.45) is 0 Å². The van der Waals surface area contributed by atoms with Crippen LogP contribution in [0.5, 0.6) is 0 Å². The minimum Gasteiger partial charge on any atom is -0.323 e. The van der Waals surface area contributed by atoms with E-state index in [9.17, 15) is 9.59 Å². The van der Waals surface area contributed by atoms with Gasteiger partial charge in [0, 0.05) is 40.8 Å². The molecule has 0 aliphatic heterocycles. The van der Waals surface area contributed by atoms with E-state index in [1.807, 2.05) is 42.5 Å². The third kappa shape index (κ3) is 4.83. The highest BCUT2D eigenvalue weighted by Crippen LogP contribution is 2.33. The first-order chi connectivity index (χ1) is 17.6. The summed E-state index contributed by atoms with van der Waals surface area (Å²) < 4.78 is 0. The van der Waals surface area contributed by atoms with Gasteiger partial charge in [0.15, 0.2) is 0 Å². The maximum atomic E-state index is 12.5. The molecule has 3 aromatic heterocycles. The molecule has 36 heavy (non-hydrogen) atoms. The van der Waals surface area contributed by atoms with Crippen LogP contribution in [0.25, 0.3) is 33.2 Å². The minimum atomic E-state index is -0.341. The summed E-state index contributed by atoms with van der Waals surface area (Å²) in [5, 5.41) is 6.37. The lowest BCUT2D eigenvalue weighted by Crippen LogP contribution is -2.14. The molecule has 0 aliphatic rings. The topological polar surface area (TPSA) is 110 Å². The van der Waals surface area contributed by atoms with Gasteiger partial charge in [0.2, 0.25) is 5.91 Å². The van der Waals surface area contributed by atoms with Gasteiger partial charge in [0.25, 0.3) is 5.91 Å². The molecule has 0 saturated heterocycles. The first-order valence-corrected chi connectivity index (χ1v) is 11.1. The fraction of sp³-hybridized carbons (Fsp3) is 0. The Morgan fingerprint density at radius 1 is 0.806 bits per heavy atom. The number of carbonyl (C=O) groups excluding carboxylic acids is 2. The van der Waals surface area contributed by atoms with Crippen molar-refractivity contribution >= 4 is 34.2 Å². The van der Waals surface area contributed by atoms with Crippen molar-refractivity contribution in [3.63, 3.8) is 0 Å². The predicted octanol–water partition coefficient (Wildman–Crippen LogP) is 5.13. The van der Waals surface area contributed by atoms with E-state index in [4.69, 9.17) is 0 Å². The molecule has 2 amide bonds. The smallest absolute Gasteiger partial charge is 0.275 e. The molecule has 0 saturated carbocycles. The van der Waals surface area contributed by atoms with Crippen LogP contribution in [-0.4, -0.2) is 31.8 Å². The molecule has 8 heteroatoms. The summed E-state index contributed by atoms with van der Waals surface area (Å²) in [6, 6.07) is 20.3. The number of hydrogen-bond donors (Lipinski definition) is 2. The molecule has 0 unspecified atom stereocenters. The van der Waals surface area contributed by atoms with Crippen molar-refractivity contribution in [3.8, 4) is 22.3 Å². The number of nitrogens with one attached hydrogen (secondary N) is 2. The van der Waals surface area contributed by atoms with Crippen molar-refractivity contribution in [2.75, 3.05) is 10.6 Å². The van der Waals surface area contributed by atoms with Crippen LogP contribution >= 0.6 is 0 Å². The monoisotopic (exact) mass is 472 g/mol. The summed E-state index contributed by atoms with van der Waals surface area (Å²) in [5.41, 5.74) is 5.16.